The van der Waals surface area contributed by atoms with E-state index < -0.39 is 75.8 Å². The highest BCUT2D eigenvalue weighted by atomic mass is 79.9. The van der Waals surface area contributed by atoms with Crippen LogP contribution < -0.4 is 24.9 Å². The SMILES string of the molecule is COC(=O)[C@@H](OC(C)(C)C)c1c(C)c2c(c(Br)c1-c1ccc(C)cc1)NC1(CCCC1)C(=O)N2C.COC(=O)[C@@H](OC(C)(C)C)c1c(C)c2c3c(cc(C)n3C3(CCCC3)C(=O)N2C)c1-c1ccc(C)cc1.COC(=O)[C@@H](OC(C)(C)C)c1c(C)c2c3c(cc(C)n3C3(CCCC3)CN2C)c1-c1ccc(C)cc1.Cc1ccc(-c2c([C@H](OC(C)(C)C)C(=O)O)c(C)c3c4c2cc(C)n4C2(CCCC2)CN3C)cc1. The molecule has 0 radical (unpaired) electrons. The van der Waals surface area contributed by atoms with Gasteiger partial charge in [-0.2, -0.15) is 0 Å². The number of aromatic nitrogens is 3. The number of carbonyl (C=O) groups is 6. The Balaban J connectivity index is 0.000000137. The van der Waals surface area contributed by atoms with Crippen molar-refractivity contribution in [3.8, 4) is 44.5 Å². The van der Waals surface area contributed by atoms with E-state index in [1.807, 2.05) is 123 Å². The zero-order chi connectivity index (χ0) is 104. The summed E-state index contributed by atoms with van der Waals surface area (Å²) in [6, 6.07) is 40.5. The number of carboxylic acid groups (broad SMARTS) is 1. The number of benzene rings is 8. The fourth-order valence-corrected chi connectivity index (χ4v) is 26.3. The topological polar surface area (TPSA) is 227 Å². The quantitative estimate of drug-likeness (QED) is 0.0677. The number of hydrogen-bond acceptors (Lipinski definition) is 16. The van der Waals surface area contributed by atoms with Gasteiger partial charge in [-0.05, 0) is 306 Å². The third-order valence-electron chi connectivity index (χ3n) is 31.2. The third-order valence-corrected chi connectivity index (χ3v) is 32.0. The maximum Gasteiger partial charge on any atom is 0.339 e. The molecule has 4 aliphatic carbocycles. The van der Waals surface area contributed by atoms with Gasteiger partial charge >= 0.3 is 23.9 Å². The molecule has 23 heteroatoms. The smallest absolute Gasteiger partial charge is 0.339 e. The second-order valence-corrected chi connectivity index (χ2v) is 47.0. The summed E-state index contributed by atoms with van der Waals surface area (Å²) in [6.07, 6.45) is 13.5. The predicted molar refractivity (Wildman–Crippen MR) is 579 cm³/mol. The molecule has 2 amide bonds. The summed E-state index contributed by atoms with van der Waals surface area (Å²) in [7, 11) is 12.3. The lowest BCUT2D eigenvalue weighted by Crippen LogP contribution is -2.55. The number of ether oxygens (including phenoxy) is 7. The number of amides is 2. The van der Waals surface area contributed by atoms with Crippen molar-refractivity contribution in [3.63, 3.8) is 0 Å². The van der Waals surface area contributed by atoms with Crippen molar-refractivity contribution in [3.05, 3.63) is 204 Å². The lowest BCUT2D eigenvalue weighted by atomic mass is 9.85. The molecule has 19 rings (SSSR count). The van der Waals surface area contributed by atoms with Crippen LogP contribution in [0.25, 0.3) is 77.2 Å². The van der Waals surface area contributed by atoms with Crippen molar-refractivity contribution >= 4 is 113 Å². The Morgan fingerprint density at radius 3 is 0.965 bits per heavy atom. The maximum absolute atomic E-state index is 14.0. The van der Waals surface area contributed by atoms with E-state index >= 15 is 0 Å². The van der Waals surface area contributed by atoms with Crippen LogP contribution in [-0.4, -0.2) is 145 Å². The Labute approximate surface area is 854 Å². The number of halogens is 1. The Hall–Kier alpha value is -11.1. The first kappa shape index (κ1) is 105. The van der Waals surface area contributed by atoms with Gasteiger partial charge in [0, 0.05) is 102 Å². The fourth-order valence-electron chi connectivity index (χ4n) is 25.6. The van der Waals surface area contributed by atoms with Crippen molar-refractivity contribution in [2.45, 2.75) is 331 Å². The number of likely N-dealkylation sites (N-methyl/N-ethyl adjacent to an activating group) is 4. The number of anilines is 5. The number of hydrogen-bond donors (Lipinski definition) is 2. The number of nitrogens with one attached hydrogen (secondary N) is 1. The molecule has 7 heterocycles. The molecule has 4 saturated carbocycles. The summed E-state index contributed by atoms with van der Waals surface area (Å²) in [5, 5.41) is 17.4. The highest BCUT2D eigenvalue weighted by molar-refractivity contribution is 9.10. The largest absolute Gasteiger partial charge is 0.479 e. The van der Waals surface area contributed by atoms with Crippen LogP contribution in [0, 0.1) is 76.2 Å². The Bertz CT molecular complexity index is 6820. The third kappa shape index (κ3) is 18.8. The summed E-state index contributed by atoms with van der Waals surface area (Å²) in [4.78, 5) is 88.5. The van der Waals surface area contributed by atoms with Crippen LogP contribution >= 0.6 is 15.9 Å². The van der Waals surface area contributed by atoms with Crippen LogP contribution in [0.4, 0.5) is 28.4 Å². The van der Waals surface area contributed by atoms with Gasteiger partial charge in [-0.3, -0.25) is 9.59 Å². The lowest BCUT2D eigenvalue weighted by Gasteiger charge is -2.44. The summed E-state index contributed by atoms with van der Waals surface area (Å²) < 4.78 is 49.6. The van der Waals surface area contributed by atoms with Crippen LogP contribution in [0.1, 0.15) is 294 Å². The second-order valence-electron chi connectivity index (χ2n) is 46.2. The van der Waals surface area contributed by atoms with Gasteiger partial charge < -0.3 is 76.9 Å². The molecule has 4 atom stereocenters. The minimum absolute atomic E-state index is 0.0675. The highest BCUT2D eigenvalue weighted by Gasteiger charge is 2.54. The average molecular weight is 2010 g/mol. The summed E-state index contributed by atoms with van der Waals surface area (Å²) in [5.41, 5.74) is 28.4. The van der Waals surface area contributed by atoms with E-state index in [0.29, 0.717) is 5.56 Å². The van der Waals surface area contributed by atoms with Crippen molar-refractivity contribution in [1.82, 2.24) is 13.7 Å². The molecule has 8 aliphatic rings. The number of rotatable bonds is 16. The molecular weight excluding hydrogens is 1860 g/mol. The minimum Gasteiger partial charge on any atom is -0.479 e. The molecule has 22 nitrogen and oxygen atoms in total. The number of esters is 3. The van der Waals surface area contributed by atoms with Crippen LogP contribution in [0.2, 0.25) is 0 Å². The maximum atomic E-state index is 14.0. The number of fused-ring (bicyclic) bond motifs is 4. The summed E-state index contributed by atoms with van der Waals surface area (Å²) >= 11 is 3.90. The Kier molecular flexibility index (Phi) is 28.6. The van der Waals surface area contributed by atoms with Gasteiger partial charge in [0.15, 0.2) is 24.4 Å². The summed E-state index contributed by atoms with van der Waals surface area (Å²) in [6.45, 7) is 48.3. The molecule has 0 unspecified atom stereocenters. The molecule has 0 bridgehead atoms. The van der Waals surface area contributed by atoms with E-state index in [4.69, 9.17) is 33.2 Å². The Morgan fingerprint density at radius 2 is 0.636 bits per heavy atom. The molecule has 8 aromatic carbocycles. The molecule has 4 spiro atoms. The first-order valence-corrected chi connectivity index (χ1v) is 52.2. The van der Waals surface area contributed by atoms with E-state index in [0.717, 1.165) is 208 Å². The highest BCUT2D eigenvalue weighted by Crippen LogP contribution is 2.60. The monoisotopic (exact) mass is 2010 g/mol. The second kappa shape index (κ2) is 39.0. The van der Waals surface area contributed by atoms with Crippen LogP contribution in [0.3, 0.4) is 0 Å². The first-order valence-electron chi connectivity index (χ1n) is 51.4. The van der Waals surface area contributed by atoms with Gasteiger partial charge in [-0.25, -0.2) is 19.2 Å². The number of carbonyl (C=O) groups excluding carboxylic acids is 5. The van der Waals surface area contributed by atoms with Crippen molar-refractivity contribution < 1.29 is 67.0 Å². The Morgan fingerprint density at radius 1 is 0.364 bits per heavy atom. The van der Waals surface area contributed by atoms with Crippen LogP contribution in [0.5, 0.6) is 0 Å². The van der Waals surface area contributed by atoms with Crippen molar-refractivity contribution in [2.75, 3.05) is 87.5 Å². The predicted octanol–water partition coefficient (Wildman–Crippen LogP) is 26.8. The number of aryl methyl sites for hydroxylation is 7. The number of carboxylic acids is 1. The van der Waals surface area contributed by atoms with E-state index in [2.05, 4.69) is 229 Å². The molecule has 4 aliphatic heterocycles. The molecule has 4 fully saturated rings. The molecule has 2 N–H and O–H groups in total. The van der Waals surface area contributed by atoms with E-state index in [-0.39, 0.29) is 28.9 Å². The van der Waals surface area contributed by atoms with Gasteiger partial charge in [0.25, 0.3) is 11.8 Å². The van der Waals surface area contributed by atoms with Gasteiger partial charge in [-0.15, -0.1) is 0 Å². The molecule has 762 valence electrons. The zero-order valence-corrected chi connectivity index (χ0v) is 91.9. The zero-order valence-electron chi connectivity index (χ0n) is 90.3. The number of aliphatic carboxylic acids is 1. The van der Waals surface area contributed by atoms with Gasteiger partial charge in [0.1, 0.15) is 11.1 Å². The number of nitrogens with zero attached hydrogens (tertiary/aromatic N) is 7. The molecule has 11 aromatic rings. The van der Waals surface area contributed by atoms with Crippen LogP contribution in [-0.2, 0) is 78.5 Å². The van der Waals surface area contributed by atoms with Gasteiger partial charge in [0.05, 0.1) is 104 Å². The standard InChI is InChI=1S/C31H38N2O4.C31H40N2O3.C30H38N2O3.C28H35BrN2O4/c1-18-11-13-21(14-12-18)24-22-17-19(2)33-26(22)25(32(7)29(35)31(33)15-9-10-16-31)20(3)23(24)27(28(34)36-8)37-30(4,5)6;1-19-11-13-22(14-12-19)25-23-17-20(2)33-27(23)26(32(7)18-31(33)15-9-10-16-31)21(3)24(25)28(29(34)35-8)36-30(4,5)6;1-18-10-12-21(13-11-18)24-22-16-19(2)32-26(22)25(31(7)17-30(32)14-8-9-15-30)20(3)23(24)27(28(33)34)35-29(4,5)6;1-16-10-12-18(13-11-16)20-19(24(25(32)34-7)35-27(3,4)5)17(2)23-22(21(20)29)30-28(14-8-9-15-28)26(33)31(23)6/h11-14,17,27H,9-10,15-16H2,1-8H3;11-14,17,28H,9-10,15-16,18H2,1-8H3;10-13,16,27H,8-9,14-15,17H2,1-7H3,(H,33,34);10-13,24,30H,8-9,14-15H2,1-7H3/t27-;28-;27-;24-/m0000/s1. The molecule has 0 saturated heterocycles. The first-order chi connectivity index (χ1) is 67.2. The molecule has 3 aromatic heterocycles. The molecule has 143 heavy (non-hydrogen) atoms. The van der Waals surface area contributed by atoms with Gasteiger partial charge in [0.2, 0.25) is 0 Å². The van der Waals surface area contributed by atoms with Crippen molar-refractivity contribution in [2.24, 2.45) is 0 Å². The van der Waals surface area contributed by atoms with Crippen molar-refractivity contribution in [1.29, 1.82) is 0 Å². The van der Waals surface area contributed by atoms with Crippen LogP contribution in [0.15, 0.2) is 120 Å². The summed E-state index contributed by atoms with van der Waals surface area (Å²) in [5.74, 6) is -2.06. The van der Waals surface area contributed by atoms with E-state index in [1.54, 1.807) is 4.90 Å². The molecular formula is C120H151BrN8O14. The minimum atomic E-state index is -1.06. The van der Waals surface area contributed by atoms with E-state index in [9.17, 15) is 33.9 Å². The number of methoxy groups -OCH3 is 3. The fraction of sp³-hybridized carbons (Fsp3) is 0.500. The van der Waals surface area contributed by atoms with E-state index in [1.165, 1.54) is 117 Å². The van der Waals surface area contributed by atoms with Gasteiger partial charge in [-0.1, -0.05) is 171 Å². The normalized spacial score (nSPS) is 17.8. The lowest BCUT2D eigenvalue weighted by molar-refractivity contribution is -0.164. The average Bonchev–Trinajstić information content (AvgIpc) is 1.59.